The van der Waals surface area contributed by atoms with E-state index < -0.39 is 41.5 Å². The van der Waals surface area contributed by atoms with Gasteiger partial charge in [0.05, 0.1) is 24.0 Å². The van der Waals surface area contributed by atoms with Crippen molar-refractivity contribution in [2.24, 2.45) is 17.8 Å². The monoisotopic (exact) mass is 1310 g/mol. The smallest absolute Gasteiger partial charge is 0.413 e. The molecular weight excluding hydrogens is 1230 g/mol. The summed E-state index contributed by atoms with van der Waals surface area (Å²) in [6.45, 7) is 10.1. The molecule has 28 nitrogen and oxygen atoms in total. The van der Waals surface area contributed by atoms with Crippen LogP contribution >= 0.6 is 11.6 Å². The summed E-state index contributed by atoms with van der Waals surface area (Å²) in [5, 5.41) is 23.1. The minimum absolute atomic E-state index is 0.0238. The molecule has 3 unspecified atom stereocenters. The van der Waals surface area contributed by atoms with Crippen LogP contribution in [0.3, 0.4) is 0 Å². The van der Waals surface area contributed by atoms with Crippen molar-refractivity contribution in [3.8, 4) is 11.8 Å². The van der Waals surface area contributed by atoms with Crippen molar-refractivity contribution in [1.29, 1.82) is 0 Å². The van der Waals surface area contributed by atoms with Gasteiger partial charge in [0, 0.05) is 67.4 Å². The van der Waals surface area contributed by atoms with E-state index in [1.54, 1.807) is 84.1 Å². The summed E-state index contributed by atoms with van der Waals surface area (Å²) in [5.41, 5.74) is 6.52. The second-order valence-corrected chi connectivity index (χ2v) is 24.6. The number of aromatic nitrogens is 6. The van der Waals surface area contributed by atoms with Crippen LogP contribution in [-0.2, 0) is 57.5 Å². The number of aromatic amines is 1. The van der Waals surface area contributed by atoms with Crippen molar-refractivity contribution in [3.05, 3.63) is 119 Å². The molecule has 0 aromatic carbocycles. The summed E-state index contributed by atoms with van der Waals surface area (Å²) in [7, 11) is 0. The summed E-state index contributed by atoms with van der Waals surface area (Å²) in [4.78, 5) is 121. The van der Waals surface area contributed by atoms with E-state index in [0.29, 0.717) is 23.6 Å². The number of amides is 5. The molecule has 0 bridgehead atoms. The van der Waals surface area contributed by atoms with Gasteiger partial charge < -0.3 is 54.2 Å². The van der Waals surface area contributed by atoms with Crippen LogP contribution in [0.1, 0.15) is 135 Å². The number of hydrogen-bond donors (Lipinski definition) is 7. The Hall–Kier alpha value is -9.47. The Morgan fingerprint density at radius 3 is 1.24 bits per heavy atom. The lowest BCUT2D eigenvalue weighted by Gasteiger charge is -2.21. The molecule has 0 aliphatic heterocycles. The number of ether oxygens (including phenoxy) is 4. The zero-order chi connectivity index (χ0) is 67.3. The fraction of sp³-hybridized carbons (Fsp3) is 0.500. The summed E-state index contributed by atoms with van der Waals surface area (Å²) in [6, 6.07) is 12.3. The quantitative estimate of drug-likeness (QED) is 0.0280. The first kappa shape index (κ1) is 72.6. The van der Waals surface area contributed by atoms with Crippen LogP contribution in [0.5, 0.6) is 11.8 Å². The van der Waals surface area contributed by atoms with Gasteiger partial charge in [0.25, 0.3) is 17.3 Å². The zero-order valence-corrected chi connectivity index (χ0v) is 53.8. The third kappa shape index (κ3) is 27.1. The predicted octanol–water partition coefficient (Wildman–Crippen LogP) is 8.22. The van der Waals surface area contributed by atoms with Crippen LogP contribution in [-0.4, -0.2) is 126 Å². The van der Waals surface area contributed by atoms with E-state index >= 15 is 0 Å². The lowest BCUT2D eigenvalue weighted by molar-refractivity contribution is -0.131. The number of carbonyl (C=O) groups excluding carboxylic acids is 8. The predicted molar refractivity (Wildman–Crippen MR) is 339 cm³/mol. The van der Waals surface area contributed by atoms with E-state index in [2.05, 4.69) is 66.1 Å². The average molecular weight is 1310 g/mol. The van der Waals surface area contributed by atoms with E-state index in [9.17, 15) is 43.2 Å². The van der Waals surface area contributed by atoms with Crippen LogP contribution in [0.15, 0.2) is 110 Å². The molecule has 3 atom stereocenters. The van der Waals surface area contributed by atoms with E-state index in [1.165, 1.54) is 49.4 Å². The molecule has 3 aliphatic carbocycles. The SMILES string of the molecule is CC(C)(C)OC(=O)Nc1cc(CC(NC(=O)C2CCCC2)C(=O)CCl)ccn1.CC(C)(C)OC(=O)Nc1cc(CC(NC(=O)C2CCCC2)C(=O)COc2ccon2)ccn1.Nc1cc(CC(NC(=O)C2CCCC2)C(=O)COc2ccon2)ccn1.O=c1cco[nH]1. The number of ketones is 3. The highest BCUT2D eigenvalue weighted by molar-refractivity contribution is 6.28. The van der Waals surface area contributed by atoms with Crippen molar-refractivity contribution in [3.63, 3.8) is 0 Å². The second kappa shape index (κ2) is 36.5. The maximum absolute atomic E-state index is 12.9. The molecule has 3 aliphatic rings. The molecule has 3 fully saturated rings. The van der Waals surface area contributed by atoms with Gasteiger partial charge in [-0.05, 0) is 150 Å². The second-order valence-electron chi connectivity index (χ2n) is 24.4. The number of carbonyl (C=O) groups is 8. The Balaban J connectivity index is 0.000000212. The number of H-pyrrole nitrogens is 1. The van der Waals surface area contributed by atoms with Crippen molar-refractivity contribution in [2.75, 3.05) is 35.5 Å². The number of rotatable bonds is 24. The van der Waals surface area contributed by atoms with Crippen LogP contribution in [0.2, 0.25) is 0 Å². The Morgan fingerprint density at radius 2 is 0.925 bits per heavy atom. The van der Waals surface area contributed by atoms with Crippen LogP contribution in [0, 0.1) is 17.8 Å². The lowest BCUT2D eigenvalue weighted by atomic mass is 10.0. The molecule has 9 rings (SSSR count). The van der Waals surface area contributed by atoms with Gasteiger partial charge in [0.15, 0.2) is 30.6 Å². The molecule has 93 heavy (non-hydrogen) atoms. The minimum Gasteiger partial charge on any atom is -0.467 e. The summed E-state index contributed by atoms with van der Waals surface area (Å²) >= 11 is 5.73. The van der Waals surface area contributed by atoms with E-state index in [4.69, 9.17) is 40.8 Å². The van der Waals surface area contributed by atoms with Crippen molar-refractivity contribution >= 4 is 76.3 Å². The molecule has 3 saturated carbocycles. The first-order valence-electron chi connectivity index (χ1n) is 30.7. The maximum atomic E-state index is 12.9. The van der Waals surface area contributed by atoms with Gasteiger partial charge in [0.1, 0.15) is 47.4 Å². The third-order valence-electron chi connectivity index (χ3n) is 14.5. The topological polar surface area (TPSA) is 396 Å². The molecule has 6 aromatic rings. The summed E-state index contributed by atoms with van der Waals surface area (Å²) in [5.74, 6) is -0.0258. The van der Waals surface area contributed by atoms with Gasteiger partial charge in [-0.25, -0.2) is 24.5 Å². The first-order chi connectivity index (χ1) is 44.4. The molecule has 29 heteroatoms. The van der Waals surface area contributed by atoms with E-state index in [1.807, 2.05) is 0 Å². The molecule has 6 aromatic heterocycles. The number of nitrogens with one attached hydrogen (secondary N) is 6. The van der Waals surface area contributed by atoms with Crippen LogP contribution in [0.25, 0.3) is 0 Å². The highest BCUT2D eigenvalue weighted by Crippen LogP contribution is 2.28. The van der Waals surface area contributed by atoms with Crippen molar-refractivity contribution in [2.45, 2.75) is 167 Å². The standard InChI is InChI=1S/C23H30N4O6.C20H28ClN3O4.C18H22N4O4.C3H3NO2/c1-23(2,3)33-22(30)26-19-13-15(8-10-24-19)12-17(25-21(29)16-6-4-5-7-16)18(28)14-31-20-9-11-32-27-20;1-20(2,3)28-19(27)24-17-11-13(8-9-22-17)10-15(16(25)12-21)23-18(26)14-6-4-5-7-14;19-16-10-12(5-7-20-16)9-14(21-18(24)13-3-1-2-4-13)15(23)11-25-17-6-8-26-22-17;5-3-1-2-6-4-3/h8-11,13,16-17H,4-7,12,14H2,1-3H3,(H,25,29)(H,24,26,30);8-9,11,14-15H,4-7,10,12H2,1-3H3,(H,23,26)(H,22,24,27);5-8,10,13-14H,1-4,9,11H2,(H2,19,20)(H,21,24);1-2H,(H,4,5). The van der Waals surface area contributed by atoms with Crippen molar-refractivity contribution in [1.82, 2.24) is 46.4 Å². The summed E-state index contributed by atoms with van der Waals surface area (Å²) < 4.78 is 34.8. The number of alkyl halides is 1. The van der Waals surface area contributed by atoms with Gasteiger partial charge in [-0.1, -0.05) is 38.5 Å². The number of halogens is 1. The van der Waals surface area contributed by atoms with Gasteiger partial charge in [0.2, 0.25) is 17.7 Å². The van der Waals surface area contributed by atoms with Crippen LogP contribution < -0.4 is 47.4 Å². The molecule has 0 saturated heterocycles. The third-order valence-corrected chi connectivity index (χ3v) is 14.8. The number of nitrogen functional groups attached to an aromatic ring is 1. The Labute approximate surface area is 542 Å². The number of hydrogen-bond acceptors (Lipinski definition) is 22. The van der Waals surface area contributed by atoms with Gasteiger partial charge in [-0.2, -0.15) is 5.16 Å². The summed E-state index contributed by atoms with van der Waals surface area (Å²) in [6.07, 6.45) is 19.5. The number of pyridine rings is 3. The maximum Gasteiger partial charge on any atom is 0.413 e. The minimum atomic E-state index is -0.804. The first-order valence-corrected chi connectivity index (χ1v) is 31.3. The number of anilines is 3. The van der Waals surface area contributed by atoms with Crippen LogP contribution in [0.4, 0.5) is 27.0 Å². The zero-order valence-electron chi connectivity index (χ0n) is 53.1. The van der Waals surface area contributed by atoms with Gasteiger partial charge >= 0.3 is 12.2 Å². The number of nitrogens with two attached hydrogens (primary N) is 1. The Bertz CT molecular complexity index is 3380. The molecular formula is C64H83ClN12O16. The molecule has 502 valence electrons. The average Bonchev–Trinajstić information content (AvgIpc) is 1.64. The fourth-order valence-corrected chi connectivity index (χ4v) is 10.2. The Kier molecular flexibility index (Phi) is 28.5. The fourth-order valence-electron chi connectivity index (χ4n) is 10.0. The molecule has 8 N–H and O–H groups in total. The molecule has 6 heterocycles. The molecule has 5 amide bonds. The van der Waals surface area contributed by atoms with Gasteiger partial charge in [-0.15, -0.1) is 11.6 Å². The Morgan fingerprint density at radius 1 is 0.548 bits per heavy atom. The largest absolute Gasteiger partial charge is 0.467 e. The van der Waals surface area contributed by atoms with Gasteiger partial charge in [-0.3, -0.25) is 44.2 Å². The van der Waals surface area contributed by atoms with Crippen molar-refractivity contribution < 1.29 is 70.9 Å². The number of Topliss-reactive ketones (excluding diaryl/α,β-unsaturated/α-hetero) is 3. The lowest BCUT2D eigenvalue weighted by Crippen LogP contribution is -2.46. The molecule has 0 radical (unpaired) electrons. The highest BCUT2D eigenvalue weighted by atomic mass is 35.5. The molecule has 0 spiro atoms. The normalized spacial score (nSPS) is 15.0. The number of nitrogens with zero attached hydrogens (tertiary/aromatic N) is 5. The van der Waals surface area contributed by atoms with E-state index in [0.717, 1.165) is 88.2 Å². The highest BCUT2D eigenvalue weighted by Gasteiger charge is 2.32. The van der Waals surface area contributed by atoms with E-state index in [-0.39, 0.29) is 108 Å².